The van der Waals surface area contributed by atoms with E-state index in [4.69, 9.17) is 12.2 Å². The van der Waals surface area contributed by atoms with Crippen molar-refractivity contribution in [1.29, 1.82) is 0 Å². The predicted molar refractivity (Wildman–Crippen MR) is 94.6 cm³/mol. The molecule has 0 saturated carbocycles. The summed E-state index contributed by atoms with van der Waals surface area (Å²) in [5.41, 5.74) is 1.57. The van der Waals surface area contributed by atoms with Gasteiger partial charge in [-0.25, -0.2) is 9.38 Å². The number of hydrogen-bond acceptors (Lipinski definition) is 4. The molecule has 4 nitrogen and oxygen atoms in total. The van der Waals surface area contributed by atoms with Crippen molar-refractivity contribution in [3.63, 3.8) is 0 Å². The molecule has 1 atom stereocenters. The fraction of sp³-hybridized carbons (Fsp3) is 0.467. The Balaban J connectivity index is 2.30. The zero-order chi connectivity index (χ0) is 16.7. The van der Waals surface area contributed by atoms with Gasteiger partial charge in [0.15, 0.2) is 5.17 Å². The maximum atomic E-state index is 13.9. The zero-order valence-electron chi connectivity index (χ0n) is 13.4. The number of aryl methyl sites for hydroxylation is 1. The number of halogens is 1. The van der Waals surface area contributed by atoms with E-state index in [0.29, 0.717) is 21.3 Å². The molecule has 1 aromatic rings. The SMILES string of the molecule is Cc1cc(N(C)C)c(CS(=O)C2=NC(C)(C)C(=S)N2)cc1F. The van der Waals surface area contributed by atoms with Crippen LogP contribution in [0, 0.1) is 12.7 Å². The summed E-state index contributed by atoms with van der Waals surface area (Å²) in [4.78, 5) is 6.81. The van der Waals surface area contributed by atoms with E-state index < -0.39 is 16.3 Å². The van der Waals surface area contributed by atoms with Crippen LogP contribution in [0.25, 0.3) is 0 Å². The fourth-order valence-electron chi connectivity index (χ4n) is 2.14. The van der Waals surface area contributed by atoms with Gasteiger partial charge in [-0.05, 0) is 44.0 Å². The minimum absolute atomic E-state index is 0.190. The summed E-state index contributed by atoms with van der Waals surface area (Å²) in [6.07, 6.45) is 0. The molecule has 22 heavy (non-hydrogen) atoms. The molecule has 0 bridgehead atoms. The zero-order valence-corrected chi connectivity index (χ0v) is 15.0. The number of hydrogen-bond donors (Lipinski definition) is 1. The molecule has 1 aliphatic rings. The van der Waals surface area contributed by atoms with Crippen LogP contribution in [0.4, 0.5) is 10.1 Å². The first kappa shape index (κ1) is 17.0. The number of nitrogens with one attached hydrogen (secondary N) is 1. The first-order valence-corrected chi connectivity index (χ1v) is 8.60. The number of anilines is 1. The first-order chi connectivity index (χ1) is 10.1. The third-order valence-electron chi connectivity index (χ3n) is 3.50. The average Bonchev–Trinajstić information content (AvgIpc) is 2.67. The Hall–Kier alpha value is -1.34. The molecule has 0 spiro atoms. The van der Waals surface area contributed by atoms with Crippen LogP contribution in [0.1, 0.15) is 25.0 Å². The Morgan fingerprint density at radius 3 is 2.55 bits per heavy atom. The molecule has 0 aliphatic carbocycles. The predicted octanol–water partition coefficient (Wildman–Crippen LogP) is 2.51. The number of aliphatic imine (C=N–C) groups is 1. The van der Waals surface area contributed by atoms with Crippen molar-refractivity contribution in [3.8, 4) is 0 Å². The second-order valence-corrected chi connectivity index (χ2v) is 7.82. The van der Waals surface area contributed by atoms with Gasteiger partial charge in [0.25, 0.3) is 0 Å². The number of thiocarbonyl (C=S) groups is 1. The van der Waals surface area contributed by atoms with E-state index in [0.717, 1.165) is 5.69 Å². The van der Waals surface area contributed by atoms with Crippen LogP contribution >= 0.6 is 12.2 Å². The molecular weight excluding hydrogens is 321 g/mol. The molecule has 0 fully saturated rings. The average molecular weight is 341 g/mol. The number of nitrogens with zero attached hydrogens (tertiary/aromatic N) is 2. The highest BCUT2D eigenvalue weighted by atomic mass is 32.2. The lowest BCUT2D eigenvalue weighted by Crippen LogP contribution is -2.34. The smallest absolute Gasteiger partial charge is 0.193 e. The highest BCUT2D eigenvalue weighted by molar-refractivity contribution is 8.00. The molecule has 1 heterocycles. The highest BCUT2D eigenvalue weighted by Gasteiger charge is 2.33. The van der Waals surface area contributed by atoms with Gasteiger partial charge in [-0.15, -0.1) is 0 Å². The van der Waals surface area contributed by atoms with Crippen molar-refractivity contribution in [2.75, 3.05) is 19.0 Å². The van der Waals surface area contributed by atoms with Crippen LogP contribution in [0.2, 0.25) is 0 Å². The Morgan fingerprint density at radius 1 is 1.41 bits per heavy atom. The quantitative estimate of drug-likeness (QED) is 0.858. The topological polar surface area (TPSA) is 44.7 Å². The Morgan fingerprint density at radius 2 is 2.05 bits per heavy atom. The van der Waals surface area contributed by atoms with Crippen molar-refractivity contribution < 1.29 is 8.60 Å². The van der Waals surface area contributed by atoms with E-state index in [1.807, 2.05) is 32.8 Å². The second-order valence-electron chi connectivity index (χ2n) is 6.04. The van der Waals surface area contributed by atoms with Crippen LogP contribution < -0.4 is 10.2 Å². The summed E-state index contributed by atoms with van der Waals surface area (Å²) in [5.74, 6) is -0.107. The van der Waals surface area contributed by atoms with Gasteiger partial charge < -0.3 is 10.2 Å². The molecule has 120 valence electrons. The summed E-state index contributed by atoms with van der Waals surface area (Å²) >= 11 is 5.19. The molecule has 1 aromatic carbocycles. The highest BCUT2D eigenvalue weighted by Crippen LogP contribution is 2.25. The molecule has 0 amide bonds. The summed E-state index contributed by atoms with van der Waals surface area (Å²) < 4.78 is 26.4. The van der Waals surface area contributed by atoms with Gasteiger partial charge in [-0.2, -0.15) is 0 Å². The second kappa shape index (κ2) is 6.04. The Labute approximate surface area is 138 Å². The minimum atomic E-state index is -1.40. The number of amidine groups is 1. The van der Waals surface area contributed by atoms with E-state index >= 15 is 0 Å². The largest absolute Gasteiger partial charge is 0.377 e. The molecule has 1 aliphatic heterocycles. The fourth-order valence-corrected chi connectivity index (χ4v) is 3.54. The lowest BCUT2D eigenvalue weighted by atomic mass is 10.1. The molecule has 2 rings (SSSR count). The monoisotopic (exact) mass is 341 g/mol. The van der Waals surface area contributed by atoms with E-state index in [1.54, 1.807) is 13.0 Å². The number of rotatable bonds is 3. The van der Waals surface area contributed by atoms with Gasteiger partial charge in [0.05, 0.1) is 16.6 Å². The number of benzene rings is 1. The maximum absolute atomic E-state index is 13.9. The van der Waals surface area contributed by atoms with Crippen LogP contribution in [0.15, 0.2) is 17.1 Å². The third-order valence-corrected chi connectivity index (χ3v) is 5.30. The van der Waals surface area contributed by atoms with Crippen molar-refractivity contribution in [3.05, 3.63) is 29.1 Å². The van der Waals surface area contributed by atoms with Gasteiger partial charge >= 0.3 is 0 Å². The van der Waals surface area contributed by atoms with Gasteiger partial charge in [-0.3, -0.25) is 4.21 Å². The summed E-state index contributed by atoms with van der Waals surface area (Å²) in [7, 11) is 2.36. The third kappa shape index (κ3) is 3.35. The van der Waals surface area contributed by atoms with Crippen LogP contribution in [-0.2, 0) is 16.6 Å². The van der Waals surface area contributed by atoms with Crippen molar-refractivity contribution >= 4 is 38.9 Å². The van der Waals surface area contributed by atoms with Crippen LogP contribution in [0.5, 0.6) is 0 Å². The maximum Gasteiger partial charge on any atom is 0.193 e. The van der Waals surface area contributed by atoms with Crippen LogP contribution in [-0.4, -0.2) is 34.0 Å². The van der Waals surface area contributed by atoms with Gasteiger partial charge in [0.2, 0.25) is 0 Å². The molecule has 0 radical (unpaired) electrons. The van der Waals surface area contributed by atoms with Crippen molar-refractivity contribution in [2.24, 2.45) is 4.99 Å². The molecule has 0 aromatic heterocycles. The summed E-state index contributed by atoms with van der Waals surface area (Å²) in [6.45, 7) is 5.44. The summed E-state index contributed by atoms with van der Waals surface area (Å²) in [6, 6.07) is 3.21. The lowest BCUT2D eigenvalue weighted by molar-refractivity contribution is 0.617. The standard InChI is InChI=1S/C15H20FN3OS2/c1-9-6-12(19(4)5)10(7-11(9)16)8-22(20)14-17-13(21)15(2,3)18-14/h6-7H,8H2,1-5H3,(H,17,18,21). The van der Waals surface area contributed by atoms with Crippen LogP contribution in [0.3, 0.4) is 0 Å². The van der Waals surface area contributed by atoms with E-state index in [-0.39, 0.29) is 11.6 Å². The molecular formula is C15H20FN3OS2. The minimum Gasteiger partial charge on any atom is -0.377 e. The lowest BCUT2D eigenvalue weighted by Gasteiger charge is -2.18. The normalized spacial score (nSPS) is 17.9. The molecule has 1 N–H and O–H groups in total. The molecule has 7 heteroatoms. The first-order valence-electron chi connectivity index (χ1n) is 6.88. The van der Waals surface area contributed by atoms with E-state index in [9.17, 15) is 8.60 Å². The Kier molecular flexibility index (Phi) is 4.67. The Bertz CT molecular complexity index is 684. The van der Waals surface area contributed by atoms with Gasteiger partial charge in [0, 0.05) is 19.8 Å². The molecule has 1 unspecified atom stereocenters. The van der Waals surface area contributed by atoms with Crippen molar-refractivity contribution in [1.82, 2.24) is 5.32 Å². The van der Waals surface area contributed by atoms with E-state index in [1.165, 1.54) is 6.07 Å². The van der Waals surface area contributed by atoms with E-state index in [2.05, 4.69) is 10.3 Å². The van der Waals surface area contributed by atoms with Gasteiger partial charge in [0.1, 0.15) is 16.3 Å². The molecule has 0 saturated heterocycles. The van der Waals surface area contributed by atoms with Gasteiger partial charge in [-0.1, -0.05) is 12.2 Å². The summed E-state index contributed by atoms with van der Waals surface area (Å²) in [5, 5.41) is 3.27. The van der Waals surface area contributed by atoms with Crippen molar-refractivity contribution in [2.45, 2.75) is 32.1 Å².